The van der Waals surface area contributed by atoms with Crippen LogP contribution in [0, 0.1) is 0 Å². The quantitative estimate of drug-likeness (QED) is 0.478. The number of nitrogens with one attached hydrogen (secondary N) is 2. The standard InChI is InChI=1S/C15H26N2O3S/c1-3-5-6-8-11(7-4-2)16-14(19)10-21-12-9-13(18)17-15(12)20/h11-12H,3-10H2,1-2H3,(H,16,19)(H,17,18,20). The molecule has 1 rings (SSSR count). The first-order chi connectivity index (χ1) is 10.1. The van der Waals surface area contributed by atoms with E-state index in [4.69, 9.17) is 0 Å². The molecule has 3 amide bonds. The summed E-state index contributed by atoms with van der Waals surface area (Å²) in [7, 11) is 0. The zero-order valence-corrected chi connectivity index (χ0v) is 13.8. The van der Waals surface area contributed by atoms with Crippen LogP contribution in [0.25, 0.3) is 0 Å². The van der Waals surface area contributed by atoms with Gasteiger partial charge in [-0.05, 0) is 12.8 Å². The molecule has 0 aliphatic carbocycles. The third-order valence-corrected chi connectivity index (χ3v) is 4.71. The highest BCUT2D eigenvalue weighted by molar-refractivity contribution is 8.01. The molecule has 0 spiro atoms. The van der Waals surface area contributed by atoms with Crippen molar-refractivity contribution in [2.75, 3.05) is 5.75 Å². The minimum Gasteiger partial charge on any atom is -0.353 e. The molecule has 2 N–H and O–H groups in total. The number of unbranched alkanes of at least 4 members (excludes halogenated alkanes) is 2. The van der Waals surface area contributed by atoms with Crippen LogP contribution in [0.5, 0.6) is 0 Å². The molecule has 2 atom stereocenters. The fraction of sp³-hybridized carbons (Fsp3) is 0.800. The lowest BCUT2D eigenvalue weighted by atomic mass is 10.0. The van der Waals surface area contributed by atoms with Crippen molar-refractivity contribution < 1.29 is 14.4 Å². The zero-order chi connectivity index (χ0) is 15.7. The molecular weight excluding hydrogens is 288 g/mol. The highest BCUT2D eigenvalue weighted by Gasteiger charge is 2.31. The van der Waals surface area contributed by atoms with E-state index < -0.39 is 5.25 Å². The normalized spacial score (nSPS) is 19.4. The molecule has 0 aromatic heterocycles. The second-order valence-electron chi connectivity index (χ2n) is 5.47. The van der Waals surface area contributed by atoms with E-state index in [2.05, 4.69) is 24.5 Å². The van der Waals surface area contributed by atoms with E-state index in [0.29, 0.717) is 0 Å². The van der Waals surface area contributed by atoms with Crippen molar-refractivity contribution in [2.45, 2.75) is 70.1 Å². The number of hydrogen-bond donors (Lipinski definition) is 2. The van der Waals surface area contributed by atoms with Crippen LogP contribution in [0.15, 0.2) is 0 Å². The van der Waals surface area contributed by atoms with E-state index in [9.17, 15) is 14.4 Å². The first kappa shape index (κ1) is 18.0. The summed E-state index contributed by atoms with van der Waals surface area (Å²) >= 11 is 1.25. The van der Waals surface area contributed by atoms with Crippen LogP contribution in [0.1, 0.15) is 58.8 Å². The molecule has 6 heteroatoms. The van der Waals surface area contributed by atoms with E-state index in [-0.39, 0.29) is 35.9 Å². The van der Waals surface area contributed by atoms with Gasteiger partial charge in [-0.2, -0.15) is 0 Å². The topological polar surface area (TPSA) is 75.3 Å². The third-order valence-electron chi connectivity index (χ3n) is 3.50. The van der Waals surface area contributed by atoms with Gasteiger partial charge in [0.1, 0.15) is 0 Å². The number of amides is 3. The van der Waals surface area contributed by atoms with Gasteiger partial charge in [0.2, 0.25) is 17.7 Å². The van der Waals surface area contributed by atoms with Gasteiger partial charge in [-0.3, -0.25) is 19.7 Å². The summed E-state index contributed by atoms with van der Waals surface area (Å²) in [6.45, 7) is 4.28. The van der Waals surface area contributed by atoms with Gasteiger partial charge >= 0.3 is 0 Å². The summed E-state index contributed by atoms with van der Waals surface area (Å²) in [5.41, 5.74) is 0. The lowest BCUT2D eigenvalue weighted by molar-refractivity contribution is -0.124. The third kappa shape index (κ3) is 6.98. The van der Waals surface area contributed by atoms with Gasteiger partial charge in [0, 0.05) is 12.5 Å². The Morgan fingerprint density at radius 3 is 2.62 bits per heavy atom. The molecule has 0 aromatic rings. The van der Waals surface area contributed by atoms with Gasteiger partial charge in [0.15, 0.2) is 0 Å². The number of rotatable bonds is 10. The molecule has 2 unspecified atom stereocenters. The van der Waals surface area contributed by atoms with Gasteiger partial charge in [0.25, 0.3) is 0 Å². The fourth-order valence-electron chi connectivity index (χ4n) is 2.39. The summed E-state index contributed by atoms with van der Waals surface area (Å²) in [6, 6.07) is 0.230. The summed E-state index contributed by atoms with van der Waals surface area (Å²) in [5.74, 6) is -0.325. The van der Waals surface area contributed by atoms with Crippen LogP contribution in [-0.4, -0.2) is 34.8 Å². The molecule has 5 nitrogen and oxygen atoms in total. The monoisotopic (exact) mass is 314 g/mol. The van der Waals surface area contributed by atoms with Crippen molar-refractivity contribution in [3.8, 4) is 0 Å². The van der Waals surface area contributed by atoms with Crippen molar-refractivity contribution in [1.82, 2.24) is 10.6 Å². The maximum atomic E-state index is 12.0. The lowest BCUT2D eigenvalue weighted by Crippen LogP contribution is -2.36. The SMILES string of the molecule is CCCCCC(CCC)NC(=O)CSC1CC(=O)NC1=O. The van der Waals surface area contributed by atoms with E-state index >= 15 is 0 Å². The van der Waals surface area contributed by atoms with Crippen LogP contribution < -0.4 is 10.6 Å². The Labute approximate surface area is 131 Å². The minimum absolute atomic E-state index is 0.0397. The van der Waals surface area contributed by atoms with Crippen molar-refractivity contribution in [3.05, 3.63) is 0 Å². The summed E-state index contributed by atoms with van der Waals surface area (Å²) in [5, 5.41) is 4.90. The zero-order valence-electron chi connectivity index (χ0n) is 12.9. The summed E-state index contributed by atoms with van der Waals surface area (Å²) < 4.78 is 0. The number of thioether (sulfide) groups is 1. The van der Waals surface area contributed by atoms with Crippen molar-refractivity contribution in [1.29, 1.82) is 0 Å². The largest absolute Gasteiger partial charge is 0.353 e. The molecule has 1 aliphatic rings. The Balaban J connectivity index is 2.29. The first-order valence-corrected chi connectivity index (χ1v) is 8.86. The molecule has 1 saturated heterocycles. The molecule has 0 saturated carbocycles. The maximum absolute atomic E-state index is 12.0. The molecule has 120 valence electrons. The first-order valence-electron chi connectivity index (χ1n) is 7.81. The van der Waals surface area contributed by atoms with Crippen LogP contribution in [0.4, 0.5) is 0 Å². The Kier molecular flexibility index (Phi) is 8.42. The Hall–Kier alpha value is -1.04. The van der Waals surface area contributed by atoms with Crippen LogP contribution in [0.3, 0.4) is 0 Å². The molecule has 1 heterocycles. The van der Waals surface area contributed by atoms with Gasteiger partial charge < -0.3 is 5.32 Å². The predicted octanol–water partition coefficient (Wildman–Crippen LogP) is 2.00. The number of carbonyl (C=O) groups is 3. The van der Waals surface area contributed by atoms with Crippen molar-refractivity contribution in [2.24, 2.45) is 0 Å². The predicted molar refractivity (Wildman–Crippen MR) is 85.0 cm³/mol. The van der Waals surface area contributed by atoms with Crippen molar-refractivity contribution in [3.63, 3.8) is 0 Å². The van der Waals surface area contributed by atoms with Crippen LogP contribution >= 0.6 is 11.8 Å². The van der Waals surface area contributed by atoms with Gasteiger partial charge in [-0.25, -0.2) is 0 Å². The second kappa shape index (κ2) is 9.82. The average molecular weight is 314 g/mol. The van der Waals surface area contributed by atoms with Crippen LogP contribution in [0.2, 0.25) is 0 Å². The summed E-state index contributed by atoms with van der Waals surface area (Å²) in [4.78, 5) is 34.4. The van der Waals surface area contributed by atoms with Crippen molar-refractivity contribution >= 4 is 29.5 Å². The Bertz CT molecular complexity index is 374. The van der Waals surface area contributed by atoms with Gasteiger partial charge in [-0.1, -0.05) is 39.5 Å². The number of imide groups is 1. The Morgan fingerprint density at radius 1 is 1.29 bits per heavy atom. The van der Waals surface area contributed by atoms with E-state index in [1.807, 2.05) is 0 Å². The molecule has 1 aliphatic heterocycles. The highest BCUT2D eigenvalue weighted by Crippen LogP contribution is 2.19. The second-order valence-corrected chi connectivity index (χ2v) is 6.66. The average Bonchev–Trinajstić information content (AvgIpc) is 2.75. The van der Waals surface area contributed by atoms with Gasteiger partial charge in [0.05, 0.1) is 11.0 Å². The molecule has 0 bridgehead atoms. The maximum Gasteiger partial charge on any atom is 0.240 e. The Morgan fingerprint density at radius 2 is 2.05 bits per heavy atom. The molecular formula is C15H26N2O3S. The van der Waals surface area contributed by atoms with E-state index in [1.165, 1.54) is 24.6 Å². The van der Waals surface area contributed by atoms with E-state index in [1.54, 1.807) is 0 Å². The minimum atomic E-state index is -0.409. The van der Waals surface area contributed by atoms with Gasteiger partial charge in [-0.15, -0.1) is 11.8 Å². The number of carbonyl (C=O) groups excluding carboxylic acids is 3. The highest BCUT2D eigenvalue weighted by atomic mass is 32.2. The molecule has 0 aromatic carbocycles. The number of hydrogen-bond acceptors (Lipinski definition) is 4. The lowest BCUT2D eigenvalue weighted by Gasteiger charge is -2.18. The smallest absolute Gasteiger partial charge is 0.240 e. The van der Waals surface area contributed by atoms with Crippen LogP contribution in [-0.2, 0) is 14.4 Å². The van der Waals surface area contributed by atoms with E-state index in [0.717, 1.165) is 25.7 Å². The fourth-order valence-corrected chi connectivity index (χ4v) is 3.30. The molecule has 21 heavy (non-hydrogen) atoms. The molecule has 0 radical (unpaired) electrons. The molecule has 1 fully saturated rings. The summed E-state index contributed by atoms with van der Waals surface area (Å²) in [6.07, 6.45) is 6.73.